The van der Waals surface area contributed by atoms with Crippen molar-refractivity contribution in [3.05, 3.63) is 107 Å². The van der Waals surface area contributed by atoms with Crippen LogP contribution in [0.4, 0.5) is 0 Å². The van der Waals surface area contributed by atoms with E-state index in [0.29, 0.717) is 18.7 Å². The van der Waals surface area contributed by atoms with Gasteiger partial charge in [-0.05, 0) is 42.0 Å². The van der Waals surface area contributed by atoms with E-state index >= 15 is 0 Å². The minimum Gasteiger partial charge on any atom is -0.352 e. The zero-order valence-corrected chi connectivity index (χ0v) is 22.6. The third-order valence-corrected chi connectivity index (χ3v) is 8.15. The second-order valence-corrected chi connectivity index (χ2v) is 11.0. The van der Waals surface area contributed by atoms with Crippen molar-refractivity contribution in [2.24, 2.45) is 0 Å². The highest BCUT2D eigenvalue weighted by atomic mass is 32.2. The maximum atomic E-state index is 13.8. The quantitative estimate of drug-likeness (QED) is 0.326. The zero-order chi connectivity index (χ0) is 25.9. The maximum absolute atomic E-state index is 13.8. The van der Waals surface area contributed by atoms with Crippen molar-refractivity contribution in [2.45, 2.75) is 69.8 Å². The number of nitrogens with one attached hydrogen (secondary N) is 1. The van der Waals surface area contributed by atoms with Crippen molar-refractivity contribution in [3.63, 3.8) is 0 Å². The molecule has 0 radical (unpaired) electrons. The number of carbonyl (C=O) groups is 2. The second-order valence-electron chi connectivity index (χ2n) is 9.98. The molecule has 5 heteroatoms. The van der Waals surface area contributed by atoms with E-state index in [1.807, 2.05) is 65.6 Å². The van der Waals surface area contributed by atoms with Gasteiger partial charge >= 0.3 is 0 Å². The molecule has 1 fully saturated rings. The number of rotatable bonds is 11. The summed E-state index contributed by atoms with van der Waals surface area (Å²) in [5, 5.41) is 3.32. The van der Waals surface area contributed by atoms with Gasteiger partial charge in [-0.3, -0.25) is 9.59 Å². The van der Waals surface area contributed by atoms with Gasteiger partial charge in [0.1, 0.15) is 6.04 Å². The Kier molecular flexibility index (Phi) is 10.2. The number of nitrogens with zero attached hydrogens (tertiary/aromatic N) is 1. The molecule has 0 heterocycles. The Labute approximate surface area is 225 Å². The standard InChI is InChI=1S/C32H38N2O2S/c1-25-13-11-12-18-28(25)22-34(31(35)24-37-23-27-16-7-3-8-17-27)30(21-26-14-5-2-6-15-26)32(36)33-29-19-9-4-10-20-29/h2-3,5-8,11-18,29-30H,4,9-10,19-24H2,1H3,(H,33,36)/t30-/m0/s1. The summed E-state index contributed by atoms with van der Waals surface area (Å²) in [6, 6.07) is 28.0. The Morgan fingerprint density at radius 2 is 1.49 bits per heavy atom. The summed E-state index contributed by atoms with van der Waals surface area (Å²) in [7, 11) is 0. The minimum absolute atomic E-state index is 0.00362. The number of carbonyl (C=O) groups excluding carboxylic acids is 2. The van der Waals surface area contributed by atoms with Crippen LogP contribution in [0.5, 0.6) is 0 Å². The first kappa shape index (κ1) is 27.0. The van der Waals surface area contributed by atoms with Gasteiger partial charge in [0, 0.05) is 24.8 Å². The fourth-order valence-corrected chi connectivity index (χ4v) is 5.85. The highest BCUT2D eigenvalue weighted by Gasteiger charge is 2.32. The lowest BCUT2D eigenvalue weighted by atomic mass is 9.94. The van der Waals surface area contributed by atoms with E-state index in [-0.39, 0.29) is 17.9 Å². The van der Waals surface area contributed by atoms with E-state index in [0.717, 1.165) is 48.1 Å². The molecule has 1 atom stereocenters. The van der Waals surface area contributed by atoms with Crippen LogP contribution in [0.25, 0.3) is 0 Å². The van der Waals surface area contributed by atoms with Gasteiger partial charge in [0.2, 0.25) is 11.8 Å². The predicted octanol–water partition coefficient (Wildman–Crippen LogP) is 6.32. The summed E-state index contributed by atoms with van der Waals surface area (Å²) in [6.07, 6.45) is 6.06. The molecule has 3 aromatic carbocycles. The number of hydrogen-bond acceptors (Lipinski definition) is 3. The molecule has 37 heavy (non-hydrogen) atoms. The van der Waals surface area contributed by atoms with E-state index in [4.69, 9.17) is 0 Å². The van der Waals surface area contributed by atoms with Crippen molar-refractivity contribution >= 4 is 23.6 Å². The molecular formula is C32H38N2O2S. The summed E-state index contributed by atoms with van der Waals surface area (Å²) in [5.41, 5.74) is 4.46. The molecule has 1 aliphatic carbocycles. The third-order valence-electron chi connectivity index (χ3n) is 7.16. The SMILES string of the molecule is Cc1ccccc1CN(C(=O)CSCc1ccccc1)[C@@H](Cc1ccccc1)C(=O)NC1CCCCC1. The van der Waals surface area contributed by atoms with E-state index in [9.17, 15) is 9.59 Å². The van der Waals surface area contributed by atoms with Gasteiger partial charge in [-0.15, -0.1) is 11.8 Å². The Morgan fingerprint density at radius 1 is 0.865 bits per heavy atom. The summed E-state index contributed by atoms with van der Waals surface area (Å²) in [4.78, 5) is 29.4. The van der Waals surface area contributed by atoms with E-state index in [2.05, 4.69) is 36.5 Å². The van der Waals surface area contributed by atoms with Crippen molar-refractivity contribution in [2.75, 3.05) is 5.75 Å². The predicted molar refractivity (Wildman–Crippen MR) is 153 cm³/mol. The Hall–Kier alpha value is -3.05. The smallest absolute Gasteiger partial charge is 0.243 e. The monoisotopic (exact) mass is 514 g/mol. The van der Waals surface area contributed by atoms with E-state index < -0.39 is 6.04 Å². The first-order valence-electron chi connectivity index (χ1n) is 13.4. The van der Waals surface area contributed by atoms with Crippen LogP contribution in [-0.4, -0.2) is 34.6 Å². The molecule has 4 nitrogen and oxygen atoms in total. The Bertz CT molecular complexity index is 1130. The van der Waals surface area contributed by atoms with Gasteiger partial charge in [0.25, 0.3) is 0 Å². The van der Waals surface area contributed by atoms with Crippen LogP contribution in [0.2, 0.25) is 0 Å². The zero-order valence-electron chi connectivity index (χ0n) is 21.8. The van der Waals surface area contributed by atoms with Crippen LogP contribution in [0.1, 0.15) is 54.4 Å². The number of hydrogen-bond donors (Lipinski definition) is 1. The highest BCUT2D eigenvalue weighted by molar-refractivity contribution is 7.99. The molecule has 1 saturated carbocycles. The second kappa shape index (κ2) is 14.0. The lowest BCUT2D eigenvalue weighted by Gasteiger charge is -2.34. The molecule has 194 valence electrons. The molecule has 0 aliphatic heterocycles. The van der Waals surface area contributed by atoms with E-state index in [1.165, 1.54) is 12.0 Å². The topological polar surface area (TPSA) is 49.4 Å². The fourth-order valence-electron chi connectivity index (χ4n) is 4.98. The van der Waals surface area contributed by atoms with Gasteiger partial charge < -0.3 is 10.2 Å². The first-order chi connectivity index (χ1) is 18.1. The van der Waals surface area contributed by atoms with Crippen LogP contribution in [0.3, 0.4) is 0 Å². The minimum atomic E-state index is -0.561. The third kappa shape index (κ3) is 8.22. The van der Waals surface area contributed by atoms with Crippen LogP contribution < -0.4 is 5.32 Å². The molecule has 0 spiro atoms. The van der Waals surface area contributed by atoms with Gasteiger partial charge in [-0.1, -0.05) is 104 Å². The van der Waals surface area contributed by atoms with Gasteiger partial charge in [-0.2, -0.15) is 0 Å². The van der Waals surface area contributed by atoms with Crippen molar-refractivity contribution in [1.29, 1.82) is 0 Å². The molecule has 0 unspecified atom stereocenters. The van der Waals surface area contributed by atoms with Gasteiger partial charge in [0.05, 0.1) is 5.75 Å². The number of thioether (sulfide) groups is 1. The largest absolute Gasteiger partial charge is 0.352 e. The molecular weight excluding hydrogens is 476 g/mol. The summed E-state index contributed by atoms with van der Waals surface area (Å²) in [6.45, 7) is 2.49. The van der Waals surface area contributed by atoms with Gasteiger partial charge in [-0.25, -0.2) is 0 Å². The molecule has 1 N–H and O–H groups in total. The molecule has 1 aliphatic rings. The van der Waals surface area contributed by atoms with Crippen LogP contribution in [0.15, 0.2) is 84.9 Å². The van der Waals surface area contributed by atoms with Crippen molar-refractivity contribution < 1.29 is 9.59 Å². The van der Waals surface area contributed by atoms with Crippen LogP contribution in [0, 0.1) is 6.92 Å². The van der Waals surface area contributed by atoms with Crippen molar-refractivity contribution in [3.8, 4) is 0 Å². The normalized spacial score (nSPS) is 14.6. The van der Waals surface area contributed by atoms with Crippen LogP contribution >= 0.6 is 11.8 Å². The average Bonchev–Trinajstić information content (AvgIpc) is 2.93. The summed E-state index contributed by atoms with van der Waals surface area (Å²) in [5.74, 6) is 1.07. The first-order valence-corrected chi connectivity index (χ1v) is 14.6. The molecule has 2 amide bonds. The molecule has 0 saturated heterocycles. The number of benzene rings is 3. The molecule has 4 rings (SSSR count). The lowest BCUT2D eigenvalue weighted by Crippen LogP contribution is -2.53. The summed E-state index contributed by atoms with van der Waals surface area (Å²) < 4.78 is 0. The number of amides is 2. The molecule has 3 aromatic rings. The highest BCUT2D eigenvalue weighted by Crippen LogP contribution is 2.22. The molecule has 0 bridgehead atoms. The molecule has 0 aromatic heterocycles. The Morgan fingerprint density at radius 3 is 2.16 bits per heavy atom. The van der Waals surface area contributed by atoms with Crippen LogP contribution in [-0.2, 0) is 28.3 Å². The lowest BCUT2D eigenvalue weighted by molar-refractivity contribution is -0.139. The van der Waals surface area contributed by atoms with Crippen molar-refractivity contribution in [1.82, 2.24) is 10.2 Å². The van der Waals surface area contributed by atoms with E-state index in [1.54, 1.807) is 11.8 Å². The summed E-state index contributed by atoms with van der Waals surface area (Å²) >= 11 is 1.61. The Balaban J connectivity index is 1.57. The average molecular weight is 515 g/mol. The fraction of sp³-hybridized carbons (Fsp3) is 0.375. The number of aryl methyl sites for hydroxylation is 1. The van der Waals surface area contributed by atoms with Gasteiger partial charge in [0.15, 0.2) is 0 Å². The maximum Gasteiger partial charge on any atom is 0.243 e.